The summed E-state index contributed by atoms with van der Waals surface area (Å²) < 4.78 is 1.49. The van der Waals surface area contributed by atoms with Crippen LogP contribution in [0.25, 0.3) is 16.6 Å². The minimum absolute atomic E-state index is 0.0666. The van der Waals surface area contributed by atoms with Crippen molar-refractivity contribution in [3.8, 4) is 5.69 Å². The fraction of sp³-hybridized carbons (Fsp3) is 0.167. The first-order chi connectivity index (χ1) is 11.2. The average molecular weight is 305 g/mol. The maximum atomic E-state index is 12.5. The molecule has 0 bridgehead atoms. The van der Waals surface area contributed by atoms with E-state index in [0.717, 1.165) is 12.8 Å². The van der Waals surface area contributed by atoms with Gasteiger partial charge < -0.3 is 5.32 Å². The monoisotopic (exact) mass is 305 g/mol. The Labute approximate surface area is 132 Å². The summed E-state index contributed by atoms with van der Waals surface area (Å²) in [5.41, 5.74) is 1.85. The molecule has 0 radical (unpaired) electrons. The summed E-state index contributed by atoms with van der Waals surface area (Å²) in [6.07, 6.45) is 3.63. The number of rotatable bonds is 3. The lowest BCUT2D eigenvalue weighted by atomic mass is 10.2. The second kappa shape index (κ2) is 5.35. The minimum atomic E-state index is -0.120. The van der Waals surface area contributed by atoms with Gasteiger partial charge in [-0.05, 0) is 49.2 Å². The first kappa shape index (κ1) is 13.7. The molecule has 0 saturated heterocycles. The highest BCUT2D eigenvalue weighted by atomic mass is 16.1. The van der Waals surface area contributed by atoms with Crippen molar-refractivity contribution in [1.82, 2.24) is 14.9 Å². The normalized spacial score (nSPS) is 13.9. The summed E-state index contributed by atoms with van der Waals surface area (Å²) in [6.45, 7) is 0. The number of amides is 1. The number of benzene rings is 2. The van der Waals surface area contributed by atoms with Crippen molar-refractivity contribution in [2.75, 3.05) is 0 Å². The molecule has 0 spiro atoms. The van der Waals surface area contributed by atoms with Crippen molar-refractivity contribution in [2.45, 2.75) is 18.9 Å². The zero-order valence-electron chi connectivity index (χ0n) is 12.4. The number of hydrogen-bond donors (Lipinski definition) is 1. The molecule has 1 aliphatic rings. The lowest BCUT2D eigenvalue weighted by Crippen LogP contribution is -2.25. The van der Waals surface area contributed by atoms with E-state index >= 15 is 0 Å². The smallest absolute Gasteiger partial charge is 0.265 e. The summed E-state index contributed by atoms with van der Waals surface area (Å²) in [6, 6.07) is 14.6. The van der Waals surface area contributed by atoms with Crippen LogP contribution >= 0.6 is 0 Å². The van der Waals surface area contributed by atoms with E-state index in [1.54, 1.807) is 30.3 Å². The molecule has 0 atom stereocenters. The molecule has 1 aliphatic carbocycles. The number of aromatic nitrogens is 2. The van der Waals surface area contributed by atoms with Crippen molar-refractivity contribution in [1.29, 1.82) is 0 Å². The number of para-hydroxylation sites is 1. The Morgan fingerprint density at radius 3 is 2.57 bits per heavy atom. The maximum Gasteiger partial charge on any atom is 0.265 e. The van der Waals surface area contributed by atoms with E-state index in [-0.39, 0.29) is 11.5 Å². The van der Waals surface area contributed by atoms with Crippen molar-refractivity contribution >= 4 is 16.8 Å². The molecular weight excluding hydrogens is 290 g/mol. The number of carbonyl (C=O) groups is 1. The lowest BCUT2D eigenvalue weighted by molar-refractivity contribution is 0.0951. The van der Waals surface area contributed by atoms with Gasteiger partial charge in [-0.2, -0.15) is 0 Å². The Morgan fingerprint density at radius 2 is 1.83 bits per heavy atom. The Morgan fingerprint density at radius 1 is 1.09 bits per heavy atom. The van der Waals surface area contributed by atoms with Gasteiger partial charge in [0, 0.05) is 11.6 Å². The molecular formula is C18H15N3O2. The van der Waals surface area contributed by atoms with Crippen molar-refractivity contribution < 1.29 is 4.79 Å². The molecule has 1 N–H and O–H groups in total. The Kier molecular flexibility index (Phi) is 3.19. The molecule has 1 fully saturated rings. The summed E-state index contributed by atoms with van der Waals surface area (Å²) in [4.78, 5) is 28.8. The molecule has 2 aromatic carbocycles. The van der Waals surface area contributed by atoms with Crippen LogP contribution in [0.2, 0.25) is 0 Å². The molecule has 1 heterocycles. The van der Waals surface area contributed by atoms with E-state index in [1.807, 2.05) is 18.2 Å². The van der Waals surface area contributed by atoms with Gasteiger partial charge >= 0.3 is 0 Å². The molecule has 3 aromatic rings. The molecule has 1 aromatic heterocycles. The van der Waals surface area contributed by atoms with Gasteiger partial charge in [0.2, 0.25) is 0 Å². The van der Waals surface area contributed by atoms with E-state index in [0.29, 0.717) is 28.2 Å². The number of nitrogens with zero attached hydrogens (tertiary/aromatic N) is 2. The molecule has 114 valence electrons. The van der Waals surface area contributed by atoms with E-state index in [4.69, 9.17) is 0 Å². The molecule has 5 nitrogen and oxygen atoms in total. The predicted octanol–water partition coefficient (Wildman–Crippen LogP) is 2.28. The second-order valence-corrected chi connectivity index (χ2v) is 5.73. The SMILES string of the molecule is O=C(NC1CC1)c1ccc(-n2cnc3ccccc3c2=O)cc1. The molecule has 0 aliphatic heterocycles. The third kappa shape index (κ3) is 2.61. The third-order valence-electron chi connectivity index (χ3n) is 3.99. The average Bonchev–Trinajstić information content (AvgIpc) is 3.40. The number of fused-ring (bicyclic) bond motifs is 1. The summed E-state index contributed by atoms with van der Waals surface area (Å²) in [7, 11) is 0. The Hall–Kier alpha value is -2.95. The van der Waals surface area contributed by atoms with Crippen LogP contribution in [0.4, 0.5) is 0 Å². The van der Waals surface area contributed by atoms with Gasteiger partial charge in [0.05, 0.1) is 16.6 Å². The quantitative estimate of drug-likeness (QED) is 0.807. The number of carbonyl (C=O) groups excluding carboxylic acids is 1. The lowest BCUT2D eigenvalue weighted by Gasteiger charge is -2.08. The van der Waals surface area contributed by atoms with Crippen LogP contribution in [0, 0.1) is 0 Å². The van der Waals surface area contributed by atoms with Crippen LogP contribution in [0.3, 0.4) is 0 Å². The van der Waals surface area contributed by atoms with Crippen LogP contribution in [0.1, 0.15) is 23.2 Å². The summed E-state index contributed by atoms with van der Waals surface area (Å²) in [5.74, 6) is -0.0666. The van der Waals surface area contributed by atoms with Crippen molar-refractivity contribution in [3.63, 3.8) is 0 Å². The number of hydrogen-bond acceptors (Lipinski definition) is 3. The largest absolute Gasteiger partial charge is 0.349 e. The van der Waals surface area contributed by atoms with Gasteiger partial charge in [-0.3, -0.25) is 14.2 Å². The molecule has 5 heteroatoms. The third-order valence-corrected chi connectivity index (χ3v) is 3.99. The van der Waals surface area contributed by atoms with Gasteiger partial charge in [-0.15, -0.1) is 0 Å². The van der Waals surface area contributed by atoms with Gasteiger partial charge in [-0.1, -0.05) is 12.1 Å². The van der Waals surface area contributed by atoms with E-state index < -0.39 is 0 Å². The van der Waals surface area contributed by atoms with Crippen LogP contribution in [-0.4, -0.2) is 21.5 Å². The zero-order valence-corrected chi connectivity index (χ0v) is 12.4. The van der Waals surface area contributed by atoms with Gasteiger partial charge in [0.15, 0.2) is 0 Å². The topological polar surface area (TPSA) is 64.0 Å². The Bertz CT molecular complexity index is 940. The van der Waals surface area contributed by atoms with Gasteiger partial charge in [0.1, 0.15) is 6.33 Å². The van der Waals surface area contributed by atoms with Gasteiger partial charge in [0.25, 0.3) is 11.5 Å². The standard InChI is InChI=1S/C18H15N3O2/c22-17(20-13-7-8-13)12-5-9-14(10-6-12)21-11-19-16-4-2-1-3-15(16)18(21)23/h1-6,9-11,13H,7-8H2,(H,20,22). The molecule has 1 saturated carbocycles. The summed E-state index contributed by atoms with van der Waals surface area (Å²) in [5, 5.41) is 3.52. The maximum absolute atomic E-state index is 12.5. The van der Waals surface area contributed by atoms with Crippen molar-refractivity contribution in [3.05, 3.63) is 70.8 Å². The van der Waals surface area contributed by atoms with E-state index in [9.17, 15) is 9.59 Å². The molecule has 1 amide bonds. The number of nitrogens with one attached hydrogen (secondary N) is 1. The predicted molar refractivity (Wildman–Crippen MR) is 87.8 cm³/mol. The minimum Gasteiger partial charge on any atom is -0.349 e. The highest BCUT2D eigenvalue weighted by molar-refractivity contribution is 5.94. The first-order valence-corrected chi connectivity index (χ1v) is 7.60. The van der Waals surface area contributed by atoms with Crippen LogP contribution in [0.5, 0.6) is 0 Å². The molecule has 0 unspecified atom stereocenters. The fourth-order valence-corrected chi connectivity index (χ4v) is 2.52. The first-order valence-electron chi connectivity index (χ1n) is 7.60. The van der Waals surface area contributed by atoms with Crippen LogP contribution < -0.4 is 10.9 Å². The molecule has 4 rings (SSSR count). The Balaban J connectivity index is 1.69. The zero-order chi connectivity index (χ0) is 15.8. The second-order valence-electron chi connectivity index (χ2n) is 5.73. The van der Waals surface area contributed by atoms with Crippen LogP contribution in [0.15, 0.2) is 59.7 Å². The highest BCUT2D eigenvalue weighted by Gasteiger charge is 2.23. The van der Waals surface area contributed by atoms with Gasteiger partial charge in [-0.25, -0.2) is 4.98 Å². The molecule has 23 heavy (non-hydrogen) atoms. The van der Waals surface area contributed by atoms with E-state index in [1.165, 1.54) is 10.9 Å². The van der Waals surface area contributed by atoms with Crippen molar-refractivity contribution in [2.24, 2.45) is 0 Å². The fourth-order valence-electron chi connectivity index (χ4n) is 2.52. The van der Waals surface area contributed by atoms with Crippen LogP contribution in [-0.2, 0) is 0 Å². The van der Waals surface area contributed by atoms with E-state index in [2.05, 4.69) is 10.3 Å². The highest BCUT2D eigenvalue weighted by Crippen LogP contribution is 2.19. The summed E-state index contributed by atoms with van der Waals surface area (Å²) >= 11 is 0.